The lowest BCUT2D eigenvalue weighted by Crippen LogP contribution is -2.20. The smallest absolute Gasteiger partial charge is 0.131 e. The van der Waals surface area contributed by atoms with Gasteiger partial charge in [0, 0.05) is 23.2 Å². The van der Waals surface area contributed by atoms with Gasteiger partial charge < -0.3 is 5.11 Å². The number of aliphatic hydroxyl groups is 1. The Bertz CT molecular complexity index is 693. The average Bonchev–Trinajstić information content (AvgIpc) is 3.21. The molecular formula is C16H16ClFN2O. The molecule has 110 valence electrons. The van der Waals surface area contributed by atoms with Crippen LogP contribution in [0.3, 0.4) is 0 Å². The van der Waals surface area contributed by atoms with E-state index < -0.39 is 11.4 Å². The van der Waals surface area contributed by atoms with Crippen molar-refractivity contribution in [3.05, 3.63) is 46.8 Å². The SMILES string of the molecule is CC(C)(O)c1nc(C2CC2)ncc1-c1ccc(F)cc1Cl. The molecule has 0 atom stereocenters. The first-order chi connectivity index (χ1) is 9.86. The zero-order valence-electron chi connectivity index (χ0n) is 11.9. The van der Waals surface area contributed by atoms with Crippen LogP contribution >= 0.6 is 11.6 Å². The van der Waals surface area contributed by atoms with Gasteiger partial charge in [0.1, 0.15) is 17.2 Å². The Labute approximate surface area is 127 Å². The van der Waals surface area contributed by atoms with Gasteiger partial charge in [0.2, 0.25) is 0 Å². The molecule has 0 saturated heterocycles. The summed E-state index contributed by atoms with van der Waals surface area (Å²) in [5, 5.41) is 10.7. The van der Waals surface area contributed by atoms with E-state index in [1.165, 1.54) is 12.1 Å². The maximum Gasteiger partial charge on any atom is 0.131 e. The third kappa shape index (κ3) is 2.92. The second kappa shape index (κ2) is 5.04. The van der Waals surface area contributed by atoms with Gasteiger partial charge in [0.05, 0.1) is 10.7 Å². The summed E-state index contributed by atoms with van der Waals surface area (Å²) < 4.78 is 13.2. The van der Waals surface area contributed by atoms with Crippen molar-refractivity contribution in [2.45, 2.75) is 38.2 Å². The van der Waals surface area contributed by atoms with Crippen molar-refractivity contribution >= 4 is 11.6 Å². The molecule has 0 unspecified atom stereocenters. The molecular weight excluding hydrogens is 291 g/mol. The minimum Gasteiger partial charge on any atom is -0.384 e. The summed E-state index contributed by atoms with van der Waals surface area (Å²) in [6, 6.07) is 4.17. The van der Waals surface area contributed by atoms with E-state index in [9.17, 15) is 9.50 Å². The molecule has 1 saturated carbocycles. The summed E-state index contributed by atoms with van der Waals surface area (Å²) in [6.07, 6.45) is 3.84. The van der Waals surface area contributed by atoms with Crippen LogP contribution < -0.4 is 0 Å². The highest BCUT2D eigenvalue weighted by Gasteiger charge is 2.30. The van der Waals surface area contributed by atoms with Gasteiger partial charge in [-0.1, -0.05) is 11.6 Å². The quantitative estimate of drug-likeness (QED) is 0.931. The Morgan fingerprint density at radius 2 is 2.00 bits per heavy atom. The van der Waals surface area contributed by atoms with Crippen LogP contribution in [0.1, 0.15) is 44.1 Å². The Kier molecular flexibility index (Phi) is 3.46. The van der Waals surface area contributed by atoms with Gasteiger partial charge in [-0.25, -0.2) is 14.4 Å². The summed E-state index contributed by atoms with van der Waals surface area (Å²) in [5.74, 6) is 0.752. The number of rotatable bonds is 3. The lowest BCUT2D eigenvalue weighted by molar-refractivity contribution is 0.0741. The van der Waals surface area contributed by atoms with Crippen LogP contribution in [0.4, 0.5) is 4.39 Å². The topological polar surface area (TPSA) is 46.0 Å². The number of benzene rings is 1. The molecule has 0 radical (unpaired) electrons. The highest BCUT2D eigenvalue weighted by molar-refractivity contribution is 6.33. The molecule has 1 N–H and O–H groups in total. The molecule has 0 amide bonds. The molecule has 21 heavy (non-hydrogen) atoms. The zero-order valence-corrected chi connectivity index (χ0v) is 12.7. The predicted molar refractivity (Wildman–Crippen MR) is 79.7 cm³/mol. The molecule has 1 aromatic carbocycles. The normalized spacial score (nSPS) is 15.3. The van der Waals surface area contributed by atoms with E-state index in [4.69, 9.17) is 11.6 Å². The van der Waals surface area contributed by atoms with Crippen LogP contribution in [0.15, 0.2) is 24.4 Å². The van der Waals surface area contributed by atoms with E-state index in [1.807, 2.05) is 0 Å². The van der Waals surface area contributed by atoms with Crippen LogP contribution in [0.2, 0.25) is 5.02 Å². The van der Waals surface area contributed by atoms with Gasteiger partial charge in [0.15, 0.2) is 0 Å². The van der Waals surface area contributed by atoms with Crippen molar-refractivity contribution < 1.29 is 9.50 Å². The van der Waals surface area contributed by atoms with Crippen LogP contribution in [0, 0.1) is 5.82 Å². The molecule has 1 aliphatic rings. The van der Waals surface area contributed by atoms with E-state index in [2.05, 4.69) is 9.97 Å². The van der Waals surface area contributed by atoms with E-state index in [1.54, 1.807) is 26.1 Å². The van der Waals surface area contributed by atoms with Crippen molar-refractivity contribution in [2.75, 3.05) is 0 Å². The molecule has 3 rings (SSSR count). The summed E-state index contributed by atoms with van der Waals surface area (Å²) in [6.45, 7) is 3.35. The third-order valence-corrected chi connectivity index (χ3v) is 3.86. The first-order valence-corrected chi connectivity index (χ1v) is 7.29. The Morgan fingerprint density at radius 1 is 1.29 bits per heavy atom. The van der Waals surface area contributed by atoms with Gasteiger partial charge in [-0.3, -0.25) is 0 Å². The Hall–Kier alpha value is -1.52. The number of hydrogen-bond donors (Lipinski definition) is 1. The van der Waals surface area contributed by atoms with Gasteiger partial charge in [-0.05, 0) is 44.9 Å². The number of aromatic nitrogens is 2. The van der Waals surface area contributed by atoms with Crippen molar-refractivity contribution in [3.8, 4) is 11.1 Å². The third-order valence-electron chi connectivity index (χ3n) is 3.55. The molecule has 0 bridgehead atoms. The first kappa shape index (κ1) is 14.4. The predicted octanol–water partition coefficient (Wildman–Crippen LogP) is 4.04. The summed E-state index contributed by atoms with van der Waals surface area (Å²) >= 11 is 6.12. The second-order valence-corrected chi connectivity index (χ2v) is 6.36. The highest BCUT2D eigenvalue weighted by atomic mass is 35.5. The monoisotopic (exact) mass is 306 g/mol. The van der Waals surface area contributed by atoms with Crippen molar-refractivity contribution in [3.63, 3.8) is 0 Å². The van der Waals surface area contributed by atoms with Crippen molar-refractivity contribution in [2.24, 2.45) is 0 Å². The second-order valence-electron chi connectivity index (χ2n) is 5.95. The van der Waals surface area contributed by atoms with Crippen LogP contribution in [0.5, 0.6) is 0 Å². The minimum atomic E-state index is -1.13. The summed E-state index contributed by atoms with van der Waals surface area (Å²) in [7, 11) is 0. The zero-order chi connectivity index (χ0) is 15.2. The average molecular weight is 307 g/mol. The minimum absolute atomic E-state index is 0.281. The number of halogens is 2. The first-order valence-electron chi connectivity index (χ1n) is 6.91. The highest BCUT2D eigenvalue weighted by Crippen LogP contribution is 2.40. The van der Waals surface area contributed by atoms with Crippen LogP contribution in [-0.4, -0.2) is 15.1 Å². The molecule has 1 aliphatic carbocycles. The fourth-order valence-electron chi connectivity index (χ4n) is 2.31. The van der Waals surface area contributed by atoms with Gasteiger partial charge >= 0.3 is 0 Å². The standard InChI is InChI=1S/C16H16ClFN2O/c1-16(2,21)14-12(8-19-15(20-14)9-3-4-9)11-6-5-10(18)7-13(11)17/h5-9,21H,3-4H2,1-2H3. The molecule has 5 heteroatoms. The van der Waals surface area contributed by atoms with E-state index in [-0.39, 0.29) is 5.02 Å². The van der Waals surface area contributed by atoms with E-state index in [0.717, 1.165) is 18.7 Å². The fourth-order valence-corrected chi connectivity index (χ4v) is 2.57. The largest absolute Gasteiger partial charge is 0.384 e. The Morgan fingerprint density at radius 3 is 2.57 bits per heavy atom. The van der Waals surface area contributed by atoms with Gasteiger partial charge in [0.25, 0.3) is 0 Å². The Balaban J connectivity index is 2.16. The number of nitrogens with zero attached hydrogens (tertiary/aromatic N) is 2. The van der Waals surface area contributed by atoms with Crippen molar-refractivity contribution in [1.29, 1.82) is 0 Å². The maximum atomic E-state index is 13.2. The molecule has 1 fully saturated rings. The van der Waals surface area contributed by atoms with Crippen LogP contribution in [0.25, 0.3) is 11.1 Å². The maximum absolute atomic E-state index is 13.2. The van der Waals surface area contributed by atoms with Crippen LogP contribution in [-0.2, 0) is 5.60 Å². The molecule has 0 aliphatic heterocycles. The lowest BCUT2D eigenvalue weighted by Gasteiger charge is -2.21. The lowest BCUT2D eigenvalue weighted by atomic mass is 9.95. The number of hydrogen-bond acceptors (Lipinski definition) is 3. The van der Waals surface area contributed by atoms with Crippen molar-refractivity contribution in [1.82, 2.24) is 9.97 Å². The molecule has 0 spiro atoms. The molecule has 1 aromatic heterocycles. The molecule has 1 heterocycles. The van der Waals surface area contributed by atoms with Gasteiger partial charge in [-0.2, -0.15) is 0 Å². The summed E-state index contributed by atoms with van der Waals surface area (Å²) in [4.78, 5) is 8.91. The van der Waals surface area contributed by atoms with Gasteiger partial charge in [-0.15, -0.1) is 0 Å². The molecule has 2 aromatic rings. The fraction of sp³-hybridized carbons (Fsp3) is 0.375. The van der Waals surface area contributed by atoms with E-state index >= 15 is 0 Å². The van der Waals surface area contributed by atoms with E-state index in [0.29, 0.717) is 22.7 Å². The molecule has 3 nitrogen and oxygen atoms in total. The summed E-state index contributed by atoms with van der Waals surface area (Å²) in [5.41, 5.74) is 0.655.